The highest BCUT2D eigenvalue weighted by Crippen LogP contribution is 2.32. The summed E-state index contributed by atoms with van der Waals surface area (Å²) >= 11 is 3.45. The van der Waals surface area contributed by atoms with Crippen LogP contribution in [0.5, 0.6) is 0 Å². The zero-order valence-electron chi connectivity index (χ0n) is 13.3. The van der Waals surface area contributed by atoms with E-state index in [1.54, 1.807) is 0 Å². The molecule has 2 amide bonds. The van der Waals surface area contributed by atoms with E-state index in [1.165, 1.54) is 0 Å². The average molecular weight is 379 g/mol. The number of nitrogens with zero attached hydrogens (tertiary/aromatic N) is 1. The van der Waals surface area contributed by atoms with E-state index in [0.717, 1.165) is 61.8 Å². The van der Waals surface area contributed by atoms with Crippen LogP contribution >= 0.6 is 15.9 Å². The van der Waals surface area contributed by atoms with Crippen molar-refractivity contribution in [3.8, 4) is 0 Å². The largest absolute Gasteiger partial charge is 0.342 e. The Hall–Kier alpha value is -1.36. The van der Waals surface area contributed by atoms with Crippen LogP contribution in [-0.4, -0.2) is 29.8 Å². The van der Waals surface area contributed by atoms with Crippen LogP contribution in [0.15, 0.2) is 28.7 Å². The standard InChI is InChI=1S/C18H23BrN2O2/c19-15-5-1-2-6-16(15)20-17(22)13-7-9-14(10-8-13)18(23)21-11-3-4-12-21/h1-2,5-6,13-14H,3-4,7-12H2,(H,20,22). The number of rotatable bonds is 3. The number of likely N-dealkylation sites (tertiary alicyclic amines) is 1. The third-order valence-corrected chi connectivity index (χ3v) is 5.69. The van der Waals surface area contributed by atoms with Crippen molar-refractivity contribution in [3.63, 3.8) is 0 Å². The highest BCUT2D eigenvalue weighted by atomic mass is 79.9. The van der Waals surface area contributed by atoms with Crippen molar-refractivity contribution in [2.45, 2.75) is 38.5 Å². The summed E-state index contributed by atoms with van der Waals surface area (Å²) in [5.74, 6) is 0.529. The monoisotopic (exact) mass is 378 g/mol. The smallest absolute Gasteiger partial charge is 0.227 e. The summed E-state index contributed by atoms with van der Waals surface area (Å²) in [6.45, 7) is 1.84. The third-order valence-electron chi connectivity index (χ3n) is 5.00. The van der Waals surface area contributed by atoms with Crippen molar-refractivity contribution in [3.05, 3.63) is 28.7 Å². The van der Waals surface area contributed by atoms with Gasteiger partial charge in [0.2, 0.25) is 11.8 Å². The van der Waals surface area contributed by atoms with Crippen molar-refractivity contribution in [1.29, 1.82) is 0 Å². The van der Waals surface area contributed by atoms with E-state index in [9.17, 15) is 9.59 Å². The zero-order valence-corrected chi connectivity index (χ0v) is 14.8. The van der Waals surface area contributed by atoms with Crippen molar-refractivity contribution in [2.75, 3.05) is 18.4 Å². The quantitative estimate of drug-likeness (QED) is 0.868. The molecule has 0 unspecified atom stereocenters. The van der Waals surface area contributed by atoms with Gasteiger partial charge in [-0.3, -0.25) is 9.59 Å². The van der Waals surface area contributed by atoms with Gasteiger partial charge in [-0.25, -0.2) is 0 Å². The number of anilines is 1. The number of hydrogen-bond donors (Lipinski definition) is 1. The molecule has 1 aliphatic carbocycles. The fraction of sp³-hybridized carbons (Fsp3) is 0.556. The van der Waals surface area contributed by atoms with Crippen LogP contribution in [0.3, 0.4) is 0 Å². The number of halogens is 1. The summed E-state index contributed by atoms with van der Waals surface area (Å²) in [5, 5.41) is 3.00. The molecule has 3 rings (SSSR count). The fourth-order valence-electron chi connectivity index (χ4n) is 3.60. The molecule has 124 valence electrons. The first-order chi connectivity index (χ1) is 11.1. The van der Waals surface area contributed by atoms with Gasteiger partial charge in [-0.05, 0) is 66.6 Å². The second-order valence-electron chi connectivity index (χ2n) is 6.55. The molecule has 1 saturated heterocycles. The van der Waals surface area contributed by atoms with Crippen LogP contribution in [0, 0.1) is 11.8 Å². The fourth-order valence-corrected chi connectivity index (χ4v) is 3.98. The number of hydrogen-bond acceptors (Lipinski definition) is 2. The molecule has 0 radical (unpaired) electrons. The van der Waals surface area contributed by atoms with Gasteiger partial charge in [-0.1, -0.05) is 12.1 Å². The summed E-state index contributed by atoms with van der Waals surface area (Å²) < 4.78 is 0.895. The summed E-state index contributed by atoms with van der Waals surface area (Å²) in [6.07, 6.45) is 5.55. The molecule has 0 aromatic heterocycles. The molecule has 1 aliphatic heterocycles. The van der Waals surface area contributed by atoms with Gasteiger partial charge in [0.15, 0.2) is 0 Å². The maximum Gasteiger partial charge on any atom is 0.227 e. The normalized spacial score (nSPS) is 24.5. The summed E-state index contributed by atoms with van der Waals surface area (Å²) in [7, 11) is 0. The molecule has 1 heterocycles. The second kappa shape index (κ2) is 7.47. The van der Waals surface area contributed by atoms with Crippen LogP contribution < -0.4 is 5.32 Å². The van der Waals surface area contributed by atoms with Gasteiger partial charge in [0.1, 0.15) is 0 Å². The summed E-state index contributed by atoms with van der Waals surface area (Å²) in [4.78, 5) is 26.9. The summed E-state index contributed by atoms with van der Waals surface area (Å²) in [6, 6.07) is 7.65. The predicted molar refractivity (Wildman–Crippen MR) is 94.0 cm³/mol. The zero-order chi connectivity index (χ0) is 16.2. The van der Waals surface area contributed by atoms with Gasteiger partial charge in [0.05, 0.1) is 5.69 Å². The molecule has 0 bridgehead atoms. The Kier molecular flexibility index (Phi) is 5.36. The SMILES string of the molecule is O=C(Nc1ccccc1Br)C1CCC(C(=O)N2CCCC2)CC1. The minimum absolute atomic E-state index is 0.0183. The number of carbonyl (C=O) groups is 2. The van der Waals surface area contributed by atoms with Crippen molar-refractivity contribution in [2.24, 2.45) is 11.8 Å². The maximum absolute atomic E-state index is 12.4. The first-order valence-corrected chi connectivity index (χ1v) is 9.28. The van der Waals surface area contributed by atoms with Crippen LogP contribution in [0.25, 0.3) is 0 Å². The molecule has 23 heavy (non-hydrogen) atoms. The lowest BCUT2D eigenvalue weighted by Gasteiger charge is -2.29. The molecule has 1 saturated carbocycles. The molecule has 0 atom stereocenters. The van der Waals surface area contributed by atoms with E-state index < -0.39 is 0 Å². The van der Waals surface area contributed by atoms with Crippen LogP contribution in [0.4, 0.5) is 5.69 Å². The minimum atomic E-state index is 0.0183. The molecule has 1 aromatic rings. The van der Waals surface area contributed by atoms with E-state index >= 15 is 0 Å². The first kappa shape index (κ1) is 16.5. The van der Waals surface area contributed by atoms with Gasteiger partial charge < -0.3 is 10.2 Å². The van der Waals surface area contributed by atoms with Crippen molar-refractivity contribution >= 4 is 33.4 Å². The Labute approximate surface area is 145 Å². The van der Waals surface area contributed by atoms with E-state index in [1.807, 2.05) is 29.2 Å². The Morgan fingerprint density at radius 3 is 2.26 bits per heavy atom. The van der Waals surface area contributed by atoms with Gasteiger partial charge in [-0.2, -0.15) is 0 Å². The van der Waals surface area contributed by atoms with Gasteiger partial charge in [0, 0.05) is 29.4 Å². The topological polar surface area (TPSA) is 49.4 Å². The van der Waals surface area contributed by atoms with E-state index in [4.69, 9.17) is 0 Å². The molecular weight excluding hydrogens is 356 g/mol. The molecule has 0 spiro atoms. The Morgan fingerprint density at radius 2 is 1.61 bits per heavy atom. The maximum atomic E-state index is 12.4. The van der Waals surface area contributed by atoms with Crippen LogP contribution in [0.1, 0.15) is 38.5 Å². The second-order valence-corrected chi connectivity index (χ2v) is 7.40. The van der Waals surface area contributed by atoms with E-state index in [-0.39, 0.29) is 17.7 Å². The minimum Gasteiger partial charge on any atom is -0.342 e. The Balaban J connectivity index is 1.51. The van der Waals surface area contributed by atoms with Gasteiger partial charge in [0.25, 0.3) is 0 Å². The average Bonchev–Trinajstić information content (AvgIpc) is 3.11. The van der Waals surface area contributed by atoms with Gasteiger partial charge >= 0.3 is 0 Å². The number of para-hydroxylation sites is 1. The number of nitrogens with one attached hydrogen (secondary N) is 1. The molecule has 2 aliphatic rings. The highest BCUT2D eigenvalue weighted by molar-refractivity contribution is 9.10. The third kappa shape index (κ3) is 3.94. The molecule has 1 N–H and O–H groups in total. The van der Waals surface area contributed by atoms with E-state index in [0.29, 0.717) is 5.91 Å². The number of carbonyl (C=O) groups excluding carboxylic acids is 2. The lowest BCUT2D eigenvalue weighted by molar-refractivity contribution is -0.136. The predicted octanol–water partition coefficient (Wildman–Crippen LogP) is 3.82. The lowest BCUT2D eigenvalue weighted by atomic mass is 9.81. The van der Waals surface area contributed by atoms with E-state index in [2.05, 4.69) is 21.2 Å². The Bertz CT molecular complexity index is 576. The van der Waals surface area contributed by atoms with Crippen LogP contribution in [0.2, 0.25) is 0 Å². The number of benzene rings is 1. The molecular formula is C18H23BrN2O2. The van der Waals surface area contributed by atoms with Crippen LogP contribution in [-0.2, 0) is 9.59 Å². The summed E-state index contributed by atoms with van der Waals surface area (Å²) in [5.41, 5.74) is 0.813. The Morgan fingerprint density at radius 1 is 1.00 bits per heavy atom. The van der Waals surface area contributed by atoms with Gasteiger partial charge in [-0.15, -0.1) is 0 Å². The molecule has 5 heteroatoms. The molecule has 1 aromatic carbocycles. The first-order valence-electron chi connectivity index (χ1n) is 8.49. The van der Waals surface area contributed by atoms with Crippen molar-refractivity contribution < 1.29 is 9.59 Å². The molecule has 2 fully saturated rings. The highest BCUT2D eigenvalue weighted by Gasteiger charge is 2.32. The molecule has 4 nitrogen and oxygen atoms in total. The van der Waals surface area contributed by atoms with Crippen molar-refractivity contribution in [1.82, 2.24) is 4.90 Å². The number of amides is 2. The lowest BCUT2D eigenvalue weighted by Crippen LogP contribution is -2.37.